The van der Waals surface area contributed by atoms with Crippen molar-refractivity contribution in [2.24, 2.45) is 5.73 Å². The van der Waals surface area contributed by atoms with Gasteiger partial charge in [-0.15, -0.1) is 0 Å². The Balaban J connectivity index is 2.58. The second kappa shape index (κ2) is 4.92. The Morgan fingerprint density at radius 3 is 2.56 bits per heavy atom. The monoisotopic (exact) mass is 263 g/mol. The van der Waals surface area contributed by atoms with Crippen LogP contribution in [0, 0.1) is 0 Å². The van der Waals surface area contributed by atoms with Crippen LogP contribution in [0.2, 0.25) is 5.02 Å². The number of benzene rings is 1. The fourth-order valence-electron chi connectivity index (χ4n) is 1.84. The second-order valence-corrected chi connectivity index (χ2v) is 4.50. The third-order valence-electron chi connectivity index (χ3n) is 2.78. The molecule has 0 saturated heterocycles. The Labute approximate surface area is 111 Å². The highest BCUT2D eigenvalue weighted by Crippen LogP contribution is 2.33. The van der Waals surface area contributed by atoms with Gasteiger partial charge in [0.1, 0.15) is 5.69 Å². The van der Waals surface area contributed by atoms with E-state index in [0.29, 0.717) is 16.6 Å². The zero-order chi connectivity index (χ0) is 13.2. The Morgan fingerprint density at radius 1 is 1.22 bits per heavy atom. The zero-order valence-corrected chi connectivity index (χ0v) is 11.0. The SMILES string of the molecule is COc1nccnc1C(C)(N)c1ccccc1Cl. The maximum atomic E-state index is 6.37. The van der Waals surface area contributed by atoms with Gasteiger partial charge in [-0.25, -0.2) is 4.98 Å². The summed E-state index contributed by atoms with van der Waals surface area (Å²) in [5, 5.41) is 0.593. The van der Waals surface area contributed by atoms with Gasteiger partial charge in [-0.2, -0.15) is 0 Å². The van der Waals surface area contributed by atoms with Crippen LogP contribution in [-0.2, 0) is 5.54 Å². The maximum Gasteiger partial charge on any atom is 0.237 e. The van der Waals surface area contributed by atoms with Gasteiger partial charge >= 0.3 is 0 Å². The summed E-state index contributed by atoms with van der Waals surface area (Å²) >= 11 is 6.19. The minimum atomic E-state index is -0.863. The molecule has 18 heavy (non-hydrogen) atoms. The predicted octanol–water partition coefficient (Wildman–Crippen LogP) is 2.36. The van der Waals surface area contributed by atoms with Crippen LogP contribution in [-0.4, -0.2) is 17.1 Å². The second-order valence-electron chi connectivity index (χ2n) is 4.10. The third kappa shape index (κ3) is 2.17. The van der Waals surface area contributed by atoms with E-state index in [1.807, 2.05) is 25.1 Å². The van der Waals surface area contributed by atoms with Crippen LogP contribution in [0.3, 0.4) is 0 Å². The molecule has 1 aromatic carbocycles. The van der Waals surface area contributed by atoms with Crippen LogP contribution < -0.4 is 10.5 Å². The summed E-state index contributed by atoms with van der Waals surface area (Å²) in [6.45, 7) is 1.83. The average Bonchev–Trinajstić information content (AvgIpc) is 2.39. The number of ether oxygens (including phenoxy) is 1. The topological polar surface area (TPSA) is 61.0 Å². The van der Waals surface area contributed by atoms with Gasteiger partial charge in [0, 0.05) is 17.4 Å². The van der Waals surface area contributed by atoms with Gasteiger partial charge in [0.15, 0.2) is 0 Å². The summed E-state index contributed by atoms with van der Waals surface area (Å²) in [5.74, 6) is 0.405. The molecule has 0 spiro atoms. The fourth-order valence-corrected chi connectivity index (χ4v) is 2.17. The van der Waals surface area contributed by atoms with Crippen LogP contribution in [0.5, 0.6) is 5.88 Å². The summed E-state index contributed by atoms with van der Waals surface area (Å²) in [6, 6.07) is 7.41. The molecule has 0 aliphatic carbocycles. The molecule has 1 aromatic heterocycles. The van der Waals surface area contributed by atoms with E-state index in [1.54, 1.807) is 18.5 Å². The smallest absolute Gasteiger partial charge is 0.237 e. The Bertz CT molecular complexity index is 557. The molecule has 4 nitrogen and oxygen atoms in total. The highest BCUT2D eigenvalue weighted by atomic mass is 35.5. The van der Waals surface area contributed by atoms with Gasteiger partial charge in [0.05, 0.1) is 12.6 Å². The van der Waals surface area contributed by atoms with E-state index in [2.05, 4.69) is 9.97 Å². The number of rotatable bonds is 3. The van der Waals surface area contributed by atoms with Crippen molar-refractivity contribution in [2.45, 2.75) is 12.5 Å². The number of nitrogens with two attached hydrogens (primary N) is 1. The number of halogens is 1. The van der Waals surface area contributed by atoms with Crippen molar-refractivity contribution in [1.29, 1.82) is 0 Å². The predicted molar refractivity (Wildman–Crippen MR) is 70.7 cm³/mol. The summed E-state index contributed by atoms with van der Waals surface area (Å²) in [7, 11) is 1.54. The normalized spacial score (nSPS) is 14.0. The lowest BCUT2D eigenvalue weighted by atomic mass is 9.89. The van der Waals surface area contributed by atoms with E-state index in [1.165, 1.54) is 7.11 Å². The van der Waals surface area contributed by atoms with Crippen LogP contribution >= 0.6 is 11.6 Å². The highest BCUT2D eigenvalue weighted by molar-refractivity contribution is 6.31. The number of nitrogens with zero attached hydrogens (tertiary/aromatic N) is 2. The average molecular weight is 264 g/mol. The minimum absolute atomic E-state index is 0.405. The van der Waals surface area contributed by atoms with Crippen molar-refractivity contribution >= 4 is 11.6 Å². The minimum Gasteiger partial charge on any atom is -0.480 e. The molecule has 0 fully saturated rings. The lowest BCUT2D eigenvalue weighted by Gasteiger charge is -2.26. The fraction of sp³-hybridized carbons (Fsp3) is 0.231. The number of aromatic nitrogens is 2. The summed E-state index contributed by atoms with van der Waals surface area (Å²) in [6.07, 6.45) is 3.14. The van der Waals surface area contributed by atoms with Gasteiger partial charge < -0.3 is 10.5 Å². The molecule has 0 aliphatic rings. The quantitative estimate of drug-likeness (QED) is 0.924. The number of hydrogen-bond donors (Lipinski definition) is 1. The van der Waals surface area contributed by atoms with E-state index < -0.39 is 5.54 Å². The zero-order valence-electron chi connectivity index (χ0n) is 10.2. The largest absolute Gasteiger partial charge is 0.480 e. The molecule has 1 unspecified atom stereocenters. The van der Waals surface area contributed by atoms with Gasteiger partial charge in [-0.05, 0) is 18.6 Å². The first kappa shape index (κ1) is 12.8. The van der Waals surface area contributed by atoms with Crippen molar-refractivity contribution in [3.63, 3.8) is 0 Å². The van der Waals surface area contributed by atoms with Crippen molar-refractivity contribution in [2.75, 3.05) is 7.11 Å². The van der Waals surface area contributed by atoms with Crippen LogP contribution in [0.4, 0.5) is 0 Å². The standard InChI is InChI=1S/C13H14ClN3O/c1-13(15,9-5-3-4-6-10(9)14)11-12(18-2)17-8-7-16-11/h3-8H,15H2,1-2H3. The van der Waals surface area contributed by atoms with Crippen LogP contribution in [0.1, 0.15) is 18.2 Å². The maximum absolute atomic E-state index is 6.37. The molecule has 0 bridgehead atoms. The van der Waals surface area contributed by atoms with Gasteiger partial charge in [-0.3, -0.25) is 4.98 Å². The number of hydrogen-bond acceptors (Lipinski definition) is 4. The lowest BCUT2D eigenvalue weighted by molar-refractivity contribution is 0.376. The van der Waals surface area contributed by atoms with E-state index >= 15 is 0 Å². The van der Waals surface area contributed by atoms with Crippen molar-refractivity contribution in [3.8, 4) is 5.88 Å². The molecular weight excluding hydrogens is 250 g/mol. The third-order valence-corrected chi connectivity index (χ3v) is 3.11. The summed E-state index contributed by atoms with van der Waals surface area (Å²) < 4.78 is 5.20. The molecule has 0 amide bonds. The first-order valence-corrected chi connectivity index (χ1v) is 5.84. The molecule has 0 radical (unpaired) electrons. The van der Waals surface area contributed by atoms with Crippen LogP contribution in [0.25, 0.3) is 0 Å². The number of methoxy groups -OCH3 is 1. The molecule has 2 N–H and O–H groups in total. The molecule has 94 valence electrons. The summed E-state index contributed by atoms with van der Waals surface area (Å²) in [5.41, 5.74) is 6.85. The van der Waals surface area contributed by atoms with E-state index in [-0.39, 0.29) is 0 Å². The van der Waals surface area contributed by atoms with Gasteiger partial charge in [0.2, 0.25) is 5.88 Å². The highest BCUT2D eigenvalue weighted by Gasteiger charge is 2.31. The Kier molecular flexibility index (Phi) is 3.50. The molecule has 0 aliphatic heterocycles. The molecule has 1 heterocycles. The molecule has 5 heteroatoms. The Hall–Kier alpha value is -1.65. The summed E-state index contributed by atoms with van der Waals surface area (Å²) in [4.78, 5) is 8.38. The van der Waals surface area contributed by atoms with Crippen molar-refractivity contribution < 1.29 is 4.74 Å². The molecule has 2 rings (SSSR count). The van der Waals surface area contributed by atoms with E-state index in [0.717, 1.165) is 5.56 Å². The molecule has 1 atom stereocenters. The first-order valence-electron chi connectivity index (χ1n) is 5.46. The Morgan fingerprint density at radius 2 is 1.89 bits per heavy atom. The van der Waals surface area contributed by atoms with Crippen molar-refractivity contribution in [1.82, 2.24) is 9.97 Å². The van der Waals surface area contributed by atoms with Crippen molar-refractivity contribution in [3.05, 3.63) is 52.9 Å². The van der Waals surface area contributed by atoms with Crippen LogP contribution in [0.15, 0.2) is 36.7 Å². The first-order chi connectivity index (χ1) is 8.57. The van der Waals surface area contributed by atoms with Gasteiger partial charge in [0.25, 0.3) is 0 Å². The van der Waals surface area contributed by atoms with Gasteiger partial charge in [-0.1, -0.05) is 29.8 Å². The molecule has 2 aromatic rings. The lowest BCUT2D eigenvalue weighted by Crippen LogP contribution is -2.36. The molecular formula is C13H14ClN3O. The molecule has 0 saturated carbocycles. The van der Waals surface area contributed by atoms with E-state index in [4.69, 9.17) is 22.1 Å². The van der Waals surface area contributed by atoms with E-state index in [9.17, 15) is 0 Å².